The van der Waals surface area contributed by atoms with Crippen molar-refractivity contribution in [2.24, 2.45) is 0 Å². The molecule has 4 heteroatoms. The lowest BCUT2D eigenvalue weighted by Gasteiger charge is -2.36. The smallest absolute Gasteiger partial charge is 0.304 e. The van der Waals surface area contributed by atoms with Crippen molar-refractivity contribution in [3.05, 3.63) is 34.9 Å². The van der Waals surface area contributed by atoms with Crippen molar-refractivity contribution < 1.29 is 9.90 Å². The first-order valence-electron chi connectivity index (χ1n) is 5.86. The van der Waals surface area contributed by atoms with Crippen molar-refractivity contribution >= 4 is 17.6 Å². The van der Waals surface area contributed by atoms with Crippen LogP contribution in [0.1, 0.15) is 30.7 Å². The van der Waals surface area contributed by atoms with Crippen molar-refractivity contribution in [2.45, 2.75) is 31.2 Å². The van der Waals surface area contributed by atoms with Crippen LogP contribution in [0, 0.1) is 0 Å². The molecule has 0 heterocycles. The molecule has 0 aliphatic heterocycles. The minimum absolute atomic E-state index is 0.197. The second kappa shape index (κ2) is 5.52. The second-order valence-electron chi connectivity index (χ2n) is 4.51. The summed E-state index contributed by atoms with van der Waals surface area (Å²) in [7, 11) is 0. The fourth-order valence-electron chi connectivity index (χ4n) is 2.17. The standard InChI is InChI=1S/C13H16ClNO2/c14-11-3-1-9(2-4-11)10-7-12(8-10)15-6-5-13(16)17/h1-4,10,12,15H,5-8H2,(H,16,17). The molecule has 0 saturated heterocycles. The van der Waals surface area contributed by atoms with E-state index in [0.29, 0.717) is 18.5 Å². The van der Waals surface area contributed by atoms with Gasteiger partial charge in [-0.2, -0.15) is 0 Å². The highest BCUT2D eigenvalue weighted by molar-refractivity contribution is 6.30. The zero-order chi connectivity index (χ0) is 12.3. The molecule has 0 bridgehead atoms. The fraction of sp³-hybridized carbons (Fsp3) is 0.462. The Morgan fingerprint density at radius 2 is 2.00 bits per heavy atom. The molecule has 1 aromatic carbocycles. The average Bonchev–Trinajstić information content (AvgIpc) is 2.23. The summed E-state index contributed by atoms with van der Waals surface area (Å²) in [5, 5.41) is 12.5. The van der Waals surface area contributed by atoms with Crippen LogP contribution in [0.5, 0.6) is 0 Å². The molecule has 0 aromatic heterocycles. The summed E-state index contributed by atoms with van der Waals surface area (Å²) in [6.45, 7) is 0.563. The van der Waals surface area contributed by atoms with E-state index in [9.17, 15) is 4.79 Å². The topological polar surface area (TPSA) is 49.3 Å². The normalized spacial score (nSPS) is 23.1. The molecule has 2 rings (SSSR count). The van der Waals surface area contributed by atoms with Gasteiger partial charge in [0.25, 0.3) is 0 Å². The molecule has 2 N–H and O–H groups in total. The first-order chi connectivity index (χ1) is 8.15. The molecule has 0 unspecified atom stereocenters. The maximum atomic E-state index is 10.4. The summed E-state index contributed by atoms with van der Waals surface area (Å²) >= 11 is 5.84. The van der Waals surface area contributed by atoms with Crippen LogP contribution in [-0.4, -0.2) is 23.7 Å². The van der Waals surface area contributed by atoms with Gasteiger partial charge in [-0.05, 0) is 36.5 Å². The highest BCUT2D eigenvalue weighted by Gasteiger charge is 2.29. The van der Waals surface area contributed by atoms with E-state index < -0.39 is 5.97 Å². The summed E-state index contributed by atoms with van der Waals surface area (Å²) in [6, 6.07) is 8.44. The minimum Gasteiger partial charge on any atom is -0.481 e. The summed E-state index contributed by atoms with van der Waals surface area (Å²) in [5.74, 6) is -0.152. The zero-order valence-electron chi connectivity index (χ0n) is 9.53. The van der Waals surface area contributed by atoms with Crippen molar-refractivity contribution in [1.29, 1.82) is 0 Å². The Bertz CT molecular complexity index is 385. The number of hydrogen-bond donors (Lipinski definition) is 2. The summed E-state index contributed by atoms with van der Waals surface area (Å²) in [5.41, 5.74) is 1.32. The van der Waals surface area contributed by atoms with Crippen LogP contribution in [-0.2, 0) is 4.79 Å². The zero-order valence-corrected chi connectivity index (χ0v) is 10.3. The highest BCUT2D eigenvalue weighted by atomic mass is 35.5. The van der Waals surface area contributed by atoms with Gasteiger partial charge in [0.15, 0.2) is 0 Å². The Labute approximate surface area is 106 Å². The van der Waals surface area contributed by atoms with Gasteiger partial charge in [0.05, 0.1) is 6.42 Å². The highest BCUT2D eigenvalue weighted by Crippen LogP contribution is 2.37. The lowest BCUT2D eigenvalue weighted by molar-refractivity contribution is -0.136. The number of carbonyl (C=O) groups is 1. The van der Waals surface area contributed by atoms with Gasteiger partial charge in [0, 0.05) is 17.6 Å². The molecule has 0 atom stereocenters. The van der Waals surface area contributed by atoms with Gasteiger partial charge >= 0.3 is 5.97 Å². The first kappa shape index (κ1) is 12.4. The van der Waals surface area contributed by atoms with E-state index in [0.717, 1.165) is 17.9 Å². The Balaban J connectivity index is 1.71. The third-order valence-electron chi connectivity index (χ3n) is 3.25. The van der Waals surface area contributed by atoms with Gasteiger partial charge < -0.3 is 10.4 Å². The van der Waals surface area contributed by atoms with Gasteiger partial charge in [-0.25, -0.2) is 0 Å². The van der Waals surface area contributed by atoms with Gasteiger partial charge in [0.2, 0.25) is 0 Å². The molecule has 1 fully saturated rings. The Hall–Kier alpha value is -1.06. The molecule has 1 aromatic rings. The van der Waals surface area contributed by atoms with Crippen LogP contribution >= 0.6 is 11.6 Å². The van der Waals surface area contributed by atoms with Crippen molar-refractivity contribution in [3.63, 3.8) is 0 Å². The molecule has 0 radical (unpaired) electrons. The van der Waals surface area contributed by atoms with Crippen LogP contribution in [0.2, 0.25) is 5.02 Å². The van der Waals surface area contributed by atoms with Gasteiger partial charge in [-0.3, -0.25) is 4.79 Å². The SMILES string of the molecule is O=C(O)CCNC1CC(c2ccc(Cl)cc2)C1. The molecule has 1 saturated carbocycles. The number of rotatable bonds is 5. The van der Waals surface area contributed by atoms with Gasteiger partial charge in [0.1, 0.15) is 0 Å². The lowest BCUT2D eigenvalue weighted by atomic mass is 9.76. The minimum atomic E-state index is -0.744. The van der Waals surface area contributed by atoms with Crippen molar-refractivity contribution in [2.75, 3.05) is 6.54 Å². The third kappa shape index (κ3) is 3.45. The number of benzene rings is 1. The van der Waals surface area contributed by atoms with Crippen LogP contribution < -0.4 is 5.32 Å². The Morgan fingerprint density at radius 1 is 1.35 bits per heavy atom. The van der Waals surface area contributed by atoms with E-state index in [1.54, 1.807) is 0 Å². The monoisotopic (exact) mass is 253 g/mol. The molecular weight excluding hydrogens is 238 g/mol. The molecule has 0 amide bonds. The molecule has 0 spiro atoms. The summed E-state index contributed by atoms with van der Waals surface area (Å²) in [6.07, 6.45) is 2.37. The van der Waals surface area contributed by atoms with E-state index in [1.165, 1.54) is 5.56 Å². The number of nitrogens with one attached hydrogen (secondary N) is 1. The first-order valence-corrected chi connectivity index (χ1v) is 6.23. The van der Waals surface area contributed by atoms with E-state index in [-0.39, 0.29) is 6.42 Å². The predicted octanol–water partition coefficient (Wildman–Crippen LogP) is 2.65. The number of aliphatic carboxylic acids is 1. The molecule has 1 aliphatic rings. The number of halogens is 1. The van der Waals surface area contributed by atoms with E-state index in [2.05, 4.69) is 17.4 Å². The van der Waals surface area contributed by atoms with E-state index in [1.807, 2.05) is 12.1 Å². The van der Waals surface area contributed by atoms with Crippen molar-refractivity contribution in [1.82, 2.24) is 5.32 Å². The van der Waals surface area contributed by atoms with Crippen LogP contribution in [0.3, 0.4) is 0 Å². The molecular formula is C13H16ClNO2. The predicted molar refractivity (Wildman–Crippen MR) is 67.5 cm³/mol. The fourth-order valence-corrected chi connectivity index (χ4v) is 2.30. The molecule has 1 aliphatic carbocycles. The van der Waals surface area contributed by atoms with Crippen molar-refractivity contribution in [3.8, 4) is 0 Å². The number of hydrogen-bond acceptors (Lipinski definition) is 2. The molecule has 17 heavy (non-hydrogen) atoms. The lowest BCUT2D eigenvalue weighted by Crippen LogP contribution is -2.40. The van der Waals surface area contributed by atoms with Crippen LogP contribution in [0.25, 0.3) is 0 Å². The maximum Gasteiger partial charge on any atom is 0.304 e. The Kier molecular flexibility index (Phi) is 4.02. The van der Waals surface area contributed by atoms with Crippen LogP contribution in [0.15, 0.2) is 24.3 Å². The summed E-state index contributed by atoms with van der Waals surface area (Å²) < 4.78 is 0. The Morgan fingerprint density at radius 3 is 2.59 bits per heavy atom. The molecule has 92 valence electrons. The maximum absolute atomic E-state index is 10.4. The number of carboxylic acids is 1. The second-order valence-corrected chi connectivity index (χ2v) is 4.95. The van der Waals surface area contributed by atoms with Crippen LogP contribution in [0.4, 0.5) is 0 Å². The third-order valence-corrected chi connectivity index (χ3v) is 3.50. The van der Waals surface area contributed by atoms with E-state index in [4.69, 9.17) is 16.7 Å². The largest absolute Gasteiger partial charge is 0.481 e. The summed E-state index contributed by atoms with van der Waals surface area (Å²) in [4.78, 5) is 10.4. The molecule has 3 nitrogen and oxygen atoms in total. The van der Waals surface area contributed by atoms with Gasteiger partial charge in [-0.1, -0.05) is 23.7 Å². The number of carboxylic acid groups (broad SMARTS) is 1. The average molecular weight is 254 g/mol. The van der Waals surface area contributed by atoms with Gasteiger partial charge in [-0.15, -0.1) is 0 Å². The van der Waals surface area contributed by atoms with E-state index >= 15 is 0 Å². The quantitative estimate of drug-likeness (QED) is 0.848.